The Bertz CT molecular complexity index is 781. The molecule has 1 aromatic heterocycles. The zero-order chi connectivity index (χ0) is 21.4. The number of carbonyl (C=O) groups is 1. The average molecular weight is 432 g/mol. The van der Waals surface area contributed by atoms with Gasteiger partial charge in [0.15, 0.2) is 11.6 Å². The van der Waals surface area contributed by atoms with E-state index in [0.717, 1.165) is 5.56 Å². The molecule has 6 nitrogen and oxygen atoms in total. The second-order valence-corrected chi connectivity index (χ2v) is 7.15. The van der Waals surface area contributed by atoms with Crippen LogP contribution >= 0.6 is 11.3 Å². The first-order chi connectivity index (χ1) is 13.7. The first-order valence-corrected chi connectivity index (χ1v) is 9.68. The van der Waals surface area contributed by atoms with E-state index in [9.17, 15) is 18.0 Å². The summed E-state index contributed by atoms with van der Waals surface area (Å²) in [5, 5.41) is 3.70. The molecule has 1 N–H and O–H groups in total. The van der Waals surface area contributed by atoms with Crippen LogP contribution in [0.1, 0.15) is 35.2 Å². The number of nitrogens with one attached hydrogen (secondary N) is 1. The van der Waals surface area contributed by atoms with Gasteiger partial charge in [-0.2, -0.15) is 13.2 Å². The number of benzene rings is 1. The smallest absolute Gasteiger partial charge is 0.443 e. The largest absolute Gasteiger partial charge is 0.482 e. The first-order valence-electron chi connectivity index (χ1n) is 8.80. The highest BCUT2D eigenvalue weighted by molar-refractivity contribution is 7.09. The first kappa shape index (κ1) is 23.1. The Labute approximate surface area is 171 Å². The lowest BCUT2D eigenvalue weighted by Crippen LogP contribution is -2.26. The summed E-state index contributed by atoms with van der Waals surface area (Å²) in [7, 11) is 2.73. The van der Waals surface area contributed by atoms with Gasteiger partial charge in [0.25, 0.3) is 0 Å². The van der Waals surface area contributed by atoms with Crippen LogP contribution in [-0.4, -0.2) is 44.9 Å². The fraction of sp³-hybridized carbons (Fsp3) is 0.474. The number of nitrogens with zero attached hydrogens (tertiary/aromatic N) is 1. The summed E-state index contributed by atoms with van der Waals surface area (Å²) in [5.74, 6) is 0.243. The molecule has 0 aliphatic heterocycles. The number of ether oxygens (including phenoxy) is 3. The predicted octanol–water partition coefficient (Wildman–Crippen LogP) is 3.79. The van der Waals surface area contributed by atoms with Crippen LogP contribution in [0.3, 0.4) is 0 Å². The molecule has 0 radical (unpaired) electrons. The summed E-state index contributed by atoms with van der Waals surface area (Å²) in [6.45, 7) is 2.79. The zero-order valence-corrected chi connectivity index (χ0v) is 17.1. The second-order valence-electron chi connectivity index (χ2n) is 6.29. The lowest BCUT2D eigenvalue weighted by molar-refractivity contribution is -0.143. The normalized spacial score (nSPS) is 13.7. The van der Waals surface area contributed by atoms with Gasteiger partial charge < -0.3 is 19.5 Å². The number of esters is 1. The van der Waals surface area contributed by atoms with Crippen LogP contribution in [0.2, 0.25) is 0 Å². The van der Waals surface area contributed by atoms with Crippen molar-refractivity contribution in [2.24, 2.45) is 0 Å². The fourth-order valence-electron chi connectivity index (χ4n) is 2.52. The third-order valence-corrected chi connectivity index (χ3v) is 5.10. The molecule has 0 spiro atoms. The van der Waals surface area contributed by atoms with Crippen LogP contribution in [0.5, 0.6) is 5.75 Å². The lowest BCUT2D eigenvalue weighted by Gasteiger charge is -2.17. The quantitative estimate of drug-likeness (QED) is 0.576. The van der Waals surface area contributed by atoms with Gasteiger partial charge in [0, 0.05) is 25.6 Å². The van der Waals surface area contributed by atoms with Crippen LogP contribution < -0.4 is 10.1 Å². The van der Waals surface area contributed by atoms with E-state index in [1.165, 1.54) is 19.6 Å². The maximum Gasteiger partial charge on any atom is 0.443 e. The van der Waals surface area contributed by atoms with Gasteiger partial charge in [-0.15, -0.1) is 11.3 Å². The van der Waals surface area contributed by atoms with E-state index < -0.39 is 23.3 Å². The van der Waals surface area contributed by atoms with E-state index in [1.54, 1.807) is 12.1 Å². The Hall–Kier alpha value is -2.17. The van der Waals surface area contributed by atoms with Crippen molar-refractivity contribution in [3.8, 4) is 5.75 Å². The van der Waals surface area contributed by atoms with Crippen LogP contribution in [0.25, 0.3) is 0 Å². The van der Waals surface area contributed by atoms with Gasteiger partial charge in [-0.25, -0.2) is 9.78 Å². The van der Waals surface area contributed by atoms with E-state index in [-0.39, 0.29) is 18.2 Å². The fourth-order valence-corrected chi connectivity index (χ4v) is 3.24. The molecule has 0 aliphatic rings. The molecule has 2 aromatic rings. The Morgan fingerprint density at radius 1 is 1.21 bits per heavy atom. The number of thiazole rings is 1. The molecule has 1 aromatic carbocycles. The molecule has 2 rings (SSSR count). The molecule has 1 heterocycles. The molecule has 0 amide bonds. The summed E-state index contributed by atoms with van der Waals surface area (Å²) in [4.78, 5) is 14.7. The van der Waals surface area contributed by atoms with Gasteiger partial charge in [-0.3, -0.25) is 0 Å². The van der Waals surface area contributed by atoms with Crippen molar-refractivity contribution in [1.82, 2.24) is 10.3 Å². The minimum absolute atomic E-state index is 0.142. The number of hydrogen-bond donors (Lipinski definition) is 1. The molecule has 0 bridgehead atoms. The number of halogens is 3. The van der Waals surface area contributed by atoms with Crippen molar-refractivity contribution in [2.75, 3.05) is 33.9 Å². The van der Waals surface area contributed by atoms with E-state index >= 15 is 0 Å². The third kappa shape index (κ3) is 6.98. The van der Waals surface area contributed by atoms with Gasteiger partial charge in [0.1, 0.15) is 11.9 Å². The van der Waals surface area contributed by atoms with Crippen molar-refractivity contribution in [2.45, 2.75) is 25.1 Å². The van der Waals surface area contributed by atoms with E-state index in [4.69, 9.17) is 9.47 Å². The second kappa shape index (κ2) is 10.6. The number of alkyl halides is 3. The Morgan fingerprint density at radius 2 is 1.90 bits per heavy atom. The number of rotatable bonds is 10. The highest BCUT2D eigenvalue weighted by Gasteiger charge is 2.35. The summed E-state index contributed by atoms with van der Waals surface area (Å²) in [5.41, 5.74) is 1.31. The van der Waals surface area contributed by atoms with Crippen molar-refractivity contribution in [3.05, 3.63) is 45.9 Å². The zero-order valence-electron chi connectivity index (χ0n) is 16.3. The summed E-state index contributed by atoms with van der Waals surface area (Å²) in [6.07, 6.45) is -5.01. The molecule has 2 unspecified atom stereocenters. The van der Waals surface area contributed by atoms with Crippen LogP contribution in [0.15, 0.2) is 29.6 Å². The minimum atomic E-state index is -4.45. The van der Waals surface area contributed by atoms with Crippen molar-refractivity contribution < 1.29 is 32.2 Å². The minimum Gasteiger partial charge on any atom is -0.482 e. The lowest BCUT2D eigenvalue weighted by atomic mass is 10.0. The van der Waals surface area contributed by atoms with Crippen LogP contribution in [-0.2, 0) is 20.4 Å². The molecule has 160 valence electrons. The highest BCUT2D eigenvalue weighted by atomic mass is 32.1. The maximum absolute atomic E-state index is 12.7. The van der Waals surface area contributed by atoms with Crippen LogP contribution in [0.4, 0.5) is 13.2 Å². The van der Waals surface area contributed by atoms with Gasteiger partial charge in [-0.05, 0) is 23.6 Å². The van der Waals surface area contributed by atoms with Crippen molar-refractivity contribution in [3.63, 3.8) is 0 Å². The topological polar surface area (TPSA) is 69.7 Å². The number of methoxy groups -OCH3 is 2. The SMILES string of the molecule is COC(=O)COc1ccc(C(C)CNCC(OC)c2csc(C(F)(F)F)n2)cc1. The molecule has 29 heavy (non-hydrogen) atoms. The van der Waals surface area contributed by atoms with Crippen molar-refractivity contribution in [1.29, 1.82) is 0 Å². The summed E-state index contributed by atoms with van der Waals surface area (Å²) in [6, 6.07) is 7.31. The predicted molar refractivity (Wildman–Crippen MR) is 102 cm³/mol. The van der Waals surface area contributed by atoms with Crippen LogP contribution in [0, 0.1) is 0 Å². The summed E-state index contributed by atoms with van der Waals surface area (Å²) >= 11 is 0.561. The van der Waals surface area contributed by atoms with Gasteiger partial charge in [0.05, 0.1) is 12.8 Å². The Balaban J connectivity index is 1.84. The van der Waals surface area contributed by atoms with E-state index in [1.807, 2.05) is 19.1 Å². The number of aromatic nitrogens is 1. The standard InChI is InChI=1S/C19H23F3N2O4S/c1-12(13-4-6-14(7-5-13)28-10-17(25)27-3)8-23-9-16(26-2)15-11-29-18(24-15)19(20,21)22/h4-7,11-12,16,23H,8-10H2,1-3H3. The maximum atomic E-state index is 12.7. The monoisotopic (exact) mass is 432 g/mol. The average Bonchev–Trinajstić information content (AvgIpc) is 3.20. The van der Waals surface area contributed by atoms with Gasteiger partial charge in [0.2, 0.25) is 0 Å². The Morgan fingerprint density at radius 3 is 2.45 bits per heavy atom. The molecular weight excluding hydrogens is 409 g/mol. The van der Waals surface area contributed by atoms with E-state index in [2.05, 4.69) is 15.0 Å². The molecule has 0 aliphatic carbocycles. The molecule has 2 atom stereocenters. The molecular formula is C19H23F3N2O4S. The molecule has 0 saturated heterocycles. The third-order valence-electron chi connectivity index (χ3n) is 4.19. The summed E-state index contributed by atoms with van der Waals surface area (Å²) < 4.78 is 53.2. The Kier molecular flexibility index (Phi) is 8.42. The van der Waals surface area contributed by atoms with Crippen molar-refractivity contribution >= 4 is 17.3 Å². The van der Waals surface area contributed by atoms with E-state index in [0.29, 0.717) is 30.2 Å². The van der Waals surface area contributed by atoms with Gasteiger partial charge in [-0.1, -0.05) is 19.1 Å². The number of hydrogen-bond acceptors (Lipinski definition) is 7. The van der Waals surface area contributed by atoms with Gasteiger partial charge >= 0.3 is 12.1 Å². The highest BCUT2D eigenvalue weighted by Crippen LogP contribution is 2.33. The number of carbonyl (C=O) groups excluding carboxylic acids is 1. The molecule has 10 heteroatoms. The molecule has 0 saturated carbocycles. The molecule has 0 fully saturated rings.